The number of hydrogen-bond acceptors (Lipinski definition) is 4. The molecule has 26 heavy (non-hydrogen) atoms. The number of ether oxygens (including phenoxy) is 3. The number of amides is 1. The molecule has 0 saturated carbocycles. The molecule has 1 amide bonds. The summed E-state index contributed by atoms with van der Waals surface area (Å²) in [6, 6.07) is 14.9. The van der Waals surface area contributed by atoms with Crippen LogP contribution < -0.4 is 19.7 Å². The van der Waals surface area contributed by atoms with Crippen molar-refractivity contribution in [3.05, 3.63) is 48.5 Å². The third-order valence-corrected chi connectivity index (χ3v) is 4.12. The summed E-state index contributed by atoms with van der Waals surface area (Å²) in [6.45, 7) is 6.26. The molecular weight excluding hydrogens is 332 g/mol. The first kappa shape index (κ1) is 18.2. The lowest BCUT2D eigenvalue weighted by Gasteiger charge is -2.23. The molecule has 1 saturated heterocycles. The summed E-state index contributed by atoms with van der Waals surface area (Å²) in [4.78, 5) is 13.4. The largest absolute Gasteiger partial charge is 0.494 e. The van der Waals surface area contributed by atoms with Gasteiger partial charge in [-0.2, -0.15) is 0 Å². The molecule has 0 bridgehead atoms. The highest BCUT2D eigenvalue weighted by Crippen LogP contribution is 2.25. The van der Waals surface area contributed by atoms with Gasteiger partial charge in [-0.15, -0.1) is 0 Å². The molecular formula is C20H25N2O4+. The monoisotopic (exact) mass is 357 g/mol. The summed E-state index contributed by atoms with van der Waals surface area (Å²) in [5.41, 5.74) is 0.765. The average molecular weight is 357 g/mol. The molecule has 6 heteroatoms. The maximum Gasteiger partial charge on any atom is 0.279 e. The van der Waals surface area contributed by atoms with Gasteiger partial charge in [0.15, 0.2) is 6.54 Å². The highest BCUT2D eigenvalue weighted by molar-refractivity contribution is 5.91. The molecule has 0 radical (unpaired) electrons. The molecule has 3 rings (SSSR count). The van der Waals surface area contributed by atoms with Gasteiger partial charge in [-0.25, -0.2) is 0 Å². The molecule has 1 fully saturated rings. The van der Waals surface area contributed by atoms with Crippen LogP contribution in [0.4, 0.5) is 5.69 Å². The Morgan fingerprint density at radius 3 is 2.19 bits per heavy atom. The summed E-state index contributed by atoms with van der Waals surface area (Å²) in [5, 5.41) is 2.93. The standard InChI is InChI=1S/C20H24N2O4/c1-2-25-17-7-9-19(10-8-17)26-18-5-3-16(4-6-18)21-20(23)15-22-11-13-24-14-12-22/h3-10H,2,11-15H2,1H3,(H,21,23)/p+1. The summed E-state index contributed by atoms with van der Waals surface area (Å²) < 4.78 is 16.5. The number of carbonyl (C=O) groups excluding carboxylic acids is 1. The van der Waals surface area contributed by atoms with Gasteiger partial charge in [0, 0.05) is 5.69 Å². The maximum atomic E-state index is 12.1. The molecule has 2 aromatic carbocycles. The number of rotatable bonds is 7. The second kappa shape index (κ2) is 9.22. The van der Waals surface area contributed by atoms with E-state index in [1.165, 1.54) is 4.90 Å². The zero-order valence-electron chi connectivity index (χ0n) is 15.0. The molecule has 138 valence electrons. The fourth-order valence-corrected chi connectivity index (χ4v) is 2.78. The van der Waals surface area contributed by atoms with Gasteiger partial charge in [0.25, 0.3) is 5.91 Å². The second-order valence-electron chi connectivity index (χ2n) is 6.12. The lowest BCUT2D eigenvalue weighted by molar-refractivity contribution is -0.899. The number of nitrogens with one attached hydrogen (secondary N) is 2. The van der Waals surface area contributed by atoms with Crippen molar-refractivity contribution in [2.24, 2.45) is 0 Å². The van der Waals surface area contributed by atoms with Crippen LogP contribution in [0.5, 0.6) is 17.2 Å². The van der Waals surface area contributed by atoms with E-state index >= 15 is 0 Å². The number of morpholine rings is 1. The van der Waals surface area contributed by atoms with Crippen LogP contribution in [0.1, 0.15) is 6.92 Å². The van der Waals surface area contributed by atoms with E-state index in [1.54, 1.807) is 0 Å². The molecule has 2 aromatic rings. The number of quaternary nitrogens is 1. The van der Waals surface area contributed by atoms with Gasteiger partial charge >= 0.3 is 0 Å². The lowest BCUT2D eigenvalue weighted by atomic mass is 10.3. The normalized spacial score (nSPS) is 14.7. The molecule has 6 nitrogen and oxygen atoms in total. The van der Waals surface area contributed by atoms with Gasteiger partial charge in [0.2, 0.25) is 0 Å². The minimum atomic E-state index is 0.0158. The molecule has 0 spiro atoms. The summed E-state index contributed by atoms with van der Waals surface area (Å²) in [6.07, 6.45) is 0. The van der Waals surface area contributed by atoms with Crippen LogP contribution in [0, 0.1) is 0 Å². The van der Waals surface area contributed by atoms with Gasteiger partial charge in [0.05, 0.1) is 19.8 Å². The smallest absolute Gasteiger partial charge is 0.279 e. The van der Waals surface area contributed by atoms with Crippen molar-refractivity contribution in [2.45, 2.75) is 6.92 Å². The Bertz CT molecular complexity index is 695. The summed E-state index contributed by atoms with van der Waals surface area (Å²) in [5.74, 6) is 2.29. The average Bonchev–Trinajstić information content (AvgIpc) is 2.66. The van der Waals surface area contributed by atoms with Gasteiger partial charge in [-0.1, -0.05) is 0 Å². The first-order chi connectivity index (χ1) is 12.7. The molecule has 2 N–H and O–H groups in total. The SMILES string of the molecule is CCOc1ccc(Oc2ccc(NC(=O)C[NH+]3CCOCC3)cc2)cc1. The fourth-order valence-electron chi connectivity index (χ4n) is 2.78. The van der Waals surface area contributed by atoms with E-state index in [1.807, 2.05) is 55.5 Å². The first-order valence-corrected chi connectivity index (χ1v) is 8.95. The van der Waals surface area contributed by atoms with Crippen molar-refractivity contribution in [3.63, 3.8) is 0 Å². The van der Waals surface area contributed by atoms with E-state index in [4.69, 9.17) is 14.2 Å². The van der Waals surface area contributed by atoms with Crippen LogP contribution in [0.25, 0.3) is 0 Å². The molecule has 1 aliphatic heterocycles. The Morgan fingerprint density at radius 1 is 1.00 bits per heavy atom. The first-order valence-electron chi connectivity index (χ1n) is 8.95. The predicted octanol–water partition coefficient (Wildman–Crippen LogP) is 1.73. The zero-order chi connectivity index (χ0) is 18.2. The molecule has 1 aliphatic rings. The van der Waals surface area contributed by atoms with Crippen molar-refractivity contribution in [1.29, 1.82) is 0 Å². The third-order valence-electron chi connectivity index (χ3n) is 4.12. The van der Waals surface area contributed by atoms with E-state index in [0.29, 0.717) is 18.9 Å². The topological polar surface area (TPSA) is 61.2 Å². The van der Waals surface area contributed by atoms with Crippen LogP contribution in [0.3, 0.4) is 0 Å². The Labute approximate surface area is 153 Å². The van der Waals surface area contributed by atoms with E-state index in [0.717, 1.165) is 43.5 Å². The van der Waals surface area contributed by atoms with Gasteiger partial charge in [-0.3, -0.25) is 4.79 Å². The molecule has 0 atom stereocenters. The van der Waals surface area contributed by atoms with E-state index in [-0.39, 0.29) is 5.91 Å². The van der Waals surface area contributed by atoms with E-state index in [9.17, 15) is 4.79 Å². The Balaban J connectivity index is 1.50. The summed E-state index contributed by atoms with van der Waals surface area (Å²) in [7, 11) is 0. The predicted molar refractivity (Wildman–Crippen MR) is 99.1 cm³/mol. The van der Waals surface area contributed by atoms with Gasteiger partial charge < -0.3 is 24.4 Å². The minimum Gasteiger partial charge on any atom is -0.494 e. The molecule has 0 aliphatic carbocycles. The van der Waals surface area contributed by atoms with E-state index in [2.05, 4.69) is 5.32 Å². The number of hydrogen-bond donors (Lipinski definition) is 2. The van der Waals surface area contributed by atoms with Crippen LogP contribution in [0.15, 0.2) is 48.5 Å². The third kappa shape index (κ3) is 5.47. The Morgan fingerprint density at radius 2 is 1.58 bits per heavy atom. The maximum absolute atomic E-state index is 12.1. The molecule has 0 unspecified atom stereocenters. The van der Waals surface area contributed by atoms with Crippen LogP contribution >= 0.6 is 0 Å². The van der Waals surface area contributed by atoms with Crippen molar-refractivity contribution < 1.29 is 23.9 Å². The fraction of sp³-hybridized carbons (Fsp3) is 0.350. The zero-order valence-corrected chi connectivity index (χ0v) is 15.0. The quantitative estimate of drug-likeness (QED) is 0.792. The molecule has 0 aromatic heterocycles. The van der Waals surface area contributed by atoms with Crippen molar-refractivity contribution >= 4 is 11.6 Å². The second-order valence-corrected chi connectivity index (χ2v) is 6.12. The minimum absolute atomic E-state index is 0.0158. The Kier molecular flexibility index (Phi) is 6.46. The number of carbonyl (C=O) groups is 1. The molecule has 1 heterocycles. The Hall–Kier alpha value is -2.57. The van der Waals surface area contributed by atoms with Crippen LogP contribution in [-0.2, 0) is 9.53 Å². The van der Waals surface area contributed by atoms with Crippen molar-refractivity contribution in [1.82, 2.24) is 0 Å². The number of benzene rings is 2. The van der Waals surface area contributed by atoms with Crippen molar-refractivity contribution in [3.8, 4) is 17.2 Å². The lowest BCUT2D eigenvalue weighted by Crippen LogP contribution is -3.15. The van der Waals surface area contributed by atoms with Crippen LogP contribution in [-0.4, -0.2) is 45.4 Å². The van der Waals surface area contributed by atoms with Gasteiger partial charge in [-0.05, 0) is 55.5 Å². The number of anilines is 1. The van der Waals surface area contributed by atoms with E-state index < -0.39 is 0 Å². The van der Waals surface area contributed by atoms with Crippen molar-refractivity contribution in [2.75, 3.05) is 44.8 Å². The highest BCUT2D eigenvalue weighted by Gasteiger charge is 2.17. The van der Waals surface area contributed by atoms with Crippen LogP contribution in [0.2, 0.25) is 0 Å². The highest BCUT2D eigenvalue weighted by atomic mass is 16.5. The summed E-state index contributed by atoms with van der Waals surface area (Å²) >= 11 is 0. The van der Waals surface area contributed by atoms with Gasteiger partial charge in [0.1, 0.15) is 30.3 Å².